The molecular formula is C16H26ClN3O2S2. The lowest BCUT2D eigenvalue weighted by Gasteiger charge is -2.34. The van der Waals surface area contributed by atoms with Gasteiger partial charge in [-0.3, -0.25) is 0 Å². The number of hydrogen-bond acceptors (Lipinski definition) is 4. The summed E-state index contributed by atoms with van der Waals surface area (Å²) < 4.78 is 25.5. The first-order valence-corrected chi connectivity index (χ1v) is 9.83. The van der Waals surface area contributed by atoms with E-state index in [1.165, 1.54) is 0 Å². The van der Waals surface area contributed by atoms with E-state index >= 15 is 0 Å². The van der Waals surface area contributed by atoms with E-state index in [9.17, 15) is 8.42 Å². The van der Waals surface area contributed by atoms with E-state index in [1.54, 1.807) is 24.3 Å². The molecule has 1 atom stereocenters. The first-order chi connectivity index (χ1) is 10.9. The molecule has 1 saturated heterocycles. The van der Waals surface area contributed by atoms with Gasteiger partial charge in [-0.05, 0) is 51.3 Å². The van der Waals surface area contributed by atoms with E-state index in [1.807, 2.05) is 25.1 Å². The van der Waals surface area contributed by atoms with Gasteiger partial charge in [0.05, 0.1) is 10.1 Å². The van der Waals surface area contributed by atoms with Crippen LogP contribution >= 0.6 is 24.6 Å². The lowest BCUT2D eigenvalue weighted by Crippen LogP contribution is -2.49. The van der Waals surface area contributed by atoms with Crippen molar-refractivity contribution >= 4 is 39.6 Å². The molecule has 24 heavy (non-hydrogen) atoms. The van der Waals surface area contributed by atoms with Crippen LogP contribution in [-0.4, -0.2) is 68.9 Å². The van der Waals surface area contributed by atoms with Gasteiger partial charge in [0, 0.05) is 26.2 Å². The molecule has 0 bridgehead atoms. The lowest BCUT2D eigenvalue weighted by atomic mass is 10.1. The molecule has 1 aliphatic heterocycles. The van der Waals surface area contributed by atoms with E-state index in [0.717, 1.165) is 26.1 Å². The summed E-state index contributed by atoms with van der Waals surface area (Å²) in [5.41, 5.74) is 0. The summed E-state index contributed by atoms with van der Waals surface area (Å²) in [5.74, 6) is 0. The van der Waals surface area contributed by atoms with Gasteiger partial charge in [-0.25, -0.2) is 8.42 Å². The molecule has 0 spiro atoms. The molecule has 0 saturated carbocycles. The number of nitrogens with one attached hydrogen (secondary N) is 1. The Morgan fingerprint density at radius 2 is 2.00 bits per heavy atom. The second kappa shape index (κ2) is 9.56. The Balaban J connectivity index is 0.00000288. The van der Waals surface area contributed by atoms with E-state index in [0.29, 0.717) is 23.0 Å². The third-order valence-corrected chi connectivity index (χ3v) is 6.61. The molecule has 0 aromatic heterocycles. The summed E-state index contributed by atoms with van der Waals surface area (Å²) in [7, 11) is 0.716. The third kappa shape index (κ3) is 5.58. The molecule has 1 unspecified atom stereocenters. The van der Waals surface area contributed by atoms with Crippen molar-refractivity contribution in [2.75, 3.05) is 40.3 Å². The fraction of sp³-hybridized carbons (Fsp3) is 0.562. The zero-order chi connectivity index (χ0) is 16.9. The summed E-state index contributed by atoms with van der Waals surface area (Å²) in [6.07, 6.45) is 1.53. The van der Waals surface area contributed by atoms with Crippen LogP contribution in [0.1, 0.15) is 12.8 Å². The molecule has 1 fully saturated rings. The molecule has 0 amide bonds. The predicted octanol–water partition coefficient (Wildman–Crippen LogP) is 1.78. The quantitative estimate of drug-likeness (QED) is 0.772. The highest BCUT2D eigenvalue weighted by atomic mass is 35.5. The van der Waals surface area contributed by atoms with Crippen molar-refractivity contribution in [2.24, 2.45) is 0 Å². The lowest BCUT2D eigenvalue weighted by molar-refractivity contribution is 0.334. The van der Waals surface area contributed by atoms with Crippen LogP contribution in [0.25, 0.3) is 0 Å². The number of sulfone groups is 1. The first kappa shape index (κ1) is 21.2. The Bertz CT molecular complexity index is 623. The Kier molecular flexibility index (Phi) is 8.42. The number of piperidine rings is 1. The second-order valence-electron chi connectivity index (χ2n) is 6.10. The van der Waals surface area contributed by atoms with Crippen molar-refractivity contribution in [1.82, 2.24) is 15.1 Å². The SMILES string of the molecule is CN(C)CCNC(=S)N1CCCC(S(=O)(=O)c2ccccc2)C1.Cl. The molecule has 5 nitrogen and oxygen atoms in total. The Morgan fingerprint density at radius 1 is 1.33 bits per heavy atom. The van der Waals surface area contributed by atoms with Crippen molar-refractivity contribution in [3.05, 3.63) is 30.3 Å². The average Bonchev–Trinajstić information content (AvgIpc) is 2.55. The smallest absolute Gasteiger partial charge is 0.182 e. The minimum absolute atomic E-state index is 0. The number of halogens is 1. The molecule has 0 aliphatic carbocycles. The number of thiocarbonyl (C=S) groups is 1. The molecule has 136 valence electrons. The maximum atomic E-state index is 12.8. The summed E-state index contributed by atoms with van der Waals surface area (Å²) in [6.45, 7) is 2.93. The van der Waals surface area contributed by atoms with Gasteiger partial charge >= 0.3 is 0 Å². The normalized spacial score (nSPS) is 18.1. The molecular weight excluding hydrogens is 366 g/mol. The van der Waals surface area contributed by atoms with Crippen LogP contribution in [0.2, 0.25) is 0 Å². The third-order valence-electron chi connectivity index (χ3n) is 4.01. The van der Waals surface area contributed by atoms with Crippen LogP contribution in [0.5, 0.6) is 0 Å². The van der Waals surface area contributed by atoms with Crippen LogP contribution in [0.3, 0.4) is 0 Å². The van der Waals surface area contributed by atoms with Gasteiger partial charge in [0.15, 0.2) is 14.9 Å². The van der Waals surface area contributed by atoms with E-state index < -0.39 is 15.1 Å². The van der Waals surface area contributed by atoms with Crippen LogP contribution in [0.15, 0.2) is 35.2 Å². The predicted molar refractivity (Wildman–Crippen MR) is 105 cm³/mol. The molecule has 0 radical (unpaired) electrons. The van der Waals surface area contributed by atoms with Gasteiger partial charge in [0.25, 0.3) is 0 Å². The first-order valence-electron chi connectivity index (χ1n) is 7.87. The summed E-state index contributed by atoms with van der Waals surface area (Å²) in [4.78, 5) is 4.46. The van der Waals surface area contributed by atoms with Crippen molar-refractivity contribution in [2.45, 2.75) is 23.0 Å². The maximum absolute atomic E-state index is 12.8. The molecule has 8 heteroatoms. The Morgan fingerprint density at radius 3 is 2.62 bits per heavy atom. The number of likely N-dealkylation sites (tertiary alicyclic amines) is 1. The van der Waals surface area contributed by atoms with Crippen molar-refractivity contribution in [3.8, 4) is 0 Å². The van der Waals surface area contributed by atoms with E-state index in [4.69, 9.17) is 12.2 Å². The Labute approximate surface area is 156 Å². The minimum atomic E-state index is -3.30. The molecule has 1 aromatic rings. The summed E-state index contributed by atoms with van der Waals surface area (Å²) >= 11 is 5.42. The Hall–Kier alpha value is -0.890. The number of nitrogens with zero attached hydrogens (tertiary/aromatic N) is 2. The molecule has 1 N–H and O–H groups in total. The van der Waals surface area contributed by atoms with Crippen LogP contribution < -0.4 is 5.32 Å². The summed E-state index contributed by atoms with van der Waals surface area (Å²) in [6, 6.07) is 8.70. The second-order valence-corrected chi connectivity index (χ2v) is 8.72. The van der Waals surface area contributed by atoms with Crippen molar-refractivity contribution in [1.29, 1.82) is 0 Å². The van der Waals surface area contributed by atoms with Crippen molar-refractivity contribution < 1.29 is 8.42 Å². The van der Waals surface area contributed by atoms with Gasteiger partial charge < -0.3 is 15.1 Å². The fourth-order valence-electron chi connectivity index (χ4n) is 2.68. The number of benzene rings is 1. The van der Waals surface area contributed by atoms with E-state index in [2.05, 4.69) is 10.2 Å². The highest BCUT2D eigenvalue weighted by Crippen LogP contribution is 2.23. The van der Waals surface area contributed by atoms with Gasteiger partial charge in [-0.15, -0.1) is 12.4 Å². The van der Waals surface area contributed by atoms with Crippen LogP contribution in [0.4, 0.5) is 0 Å². The van der Waals surface area contributed by atoms with Gasteiger partial charge in [0.1, 0.15) is 0 Å². The zero-order valence-corrected chi connectivity index (χ0v) is 16.6. The summed E-state index contributed by atoms with van der Waals surface area (Å²) in [5, 5.41) is 3.47. The molecule has 1 aliphatic rings. The average molecular weight is 392 g/mol. The van der Waals surface area contributed by atoms with Gasteiger partial charge in [-0.1, -0.05) is 18.2 Å². The molecule has 1 aromatic carbocycles. The van der Waals surface area contributed by atoms with Gasteiger partial charge in [0.2, 0.25) is 0 Å². The monoisotopic (exact) mass is 391 g/mol. The topological polar surface area (TPSA) is 52.6 Å². The van der Waals surface area contributed by atoms with E-state index in [-0.39, 0.29) is 12.4 Å². The van der Waals surface area contributed by atoms with Gasteiger partial charge in [-0.2, -0.15) is 0 Å². The number of likely N-dealkylation sites (N-methyl/N-ethyl adjacent to an activating group) is 1. The van der Waals surface area contributed by atoms with Crippen LogP contribution in [-0.2, 0) is 9.84 Å². The fourth-order valence-corrected chi connectivity index (χ4v) is 4.72. The van der Waals surface area contributed by atoms with Crippen molar-refractivity contribution in [3.63, 3.8) is 0 Å². The highest BCUT2D eigenvalue weighted by Gasteiger charge is 2.32. The zero-order valence-electron chi connectivity index (χ0n) is 14.1. The number of rotatable bonds is 5. The largest absolute Gasteiger partial charge is 0.361 e. The van der Waals surface area contributed by atoms with Crippen LogP contribution in [0, 0.1) is 0 Å². The number of hydrogen-bond donors (Lipinski definition) is 1. The minimum Gasteiger partial charge on any atom is -0.361 e. The standard InChI is InChI=1S/C16H25N3O2S2.ClH/c1-18(2)12-10-17-16(22)19-11-6-9-15(13-19)23(20,21)14-7-4-3-5-8-14;/h3-5,7-8,15H,6,9-13H2,1-2H3,(H,17,22);1H. The molecule has 2 rings (SSSR count). The highest BCUT2D eigenvalue weighted by molar-refractivity contribution is 7.92. The molecule has 1 heterocycles. The maximum Gasteiger partial charge on any atom is 0.182 e.